The predicted octanol–water partition coefficient (Wildman–Crippen LogP) is 5.04. The van der Waals surface area contributed by atoms with Crippen LogP contribution >= 0.6 is 11.3 Å². The molecule has 0 aliphatic heterocycles. The van der Waals surface area contributed by atoms with Crippen molar-refractivity contribution in [1.82, 2.24) is 4.98 Å². The fourth-order valence-corrected chi connectivity index (χ4v) is 4.36. The third kappa shape index (κ3) is 2.71. The lowest BCUT2D eigenvalue weighted by atomic mass is 9.90. The fourth-order valence-electron chi connectivity index (χ4n) is 3.36. The van der Waals surface area contributed by atoms with Crippen molar-refractivity contribution in [2.24, 2.45) is 0 Å². The molecule has 0 radical (unpaired) electrons. The summed E-state index contributed by atoms with van der Waals surface area (Å²) >= 11 is 1.55. The van der Waals surface area contributed by atoms with Crippen molar-refractivity contribution in [2.45, 2.75) is 39.5 Å². The van der Waals surface area contributed by atoms with Gasteiger partial charge in [-0.05, 0) is 73.9 Å². The highest BCUT2D eigenvalue weighted by Crippen LogP contribution is 2.31. The van der Waals surface area contributed by atoms with E-state index in [0.29, 0.717) is 5.13 Å². The molecule has 4 heteroatoms. The molecule has 0 saturated heterocycles. The Morgan fingerprint density at radius 2 is 1.79 bits per heavy atom. The number of aryl methyl sites for hydroxylation is 4. The van der Waals surface area contributed by atoms with Gasteiger partial charge in [-0.15, -0.1) is 0 Å². The van der Waals surface area contributed by atoms with Crippen molar-refractivity contribution in [3.05, 3.63) is 58.1 Å². The van der Waals surface area contributed by atoms with Crippen molar-refractivity contribution in [3.8, 4) is 0 Å². The first-order chi connectivity index (χ1) is 11.6. The van der Waals surface area contributed by atoms with E-state index in [1.807, 2.05) is 12.1 Å². The van der Waals surface area contributed by atoms with Gasteiger partial charge in [-0.2, -0.15) is 0 Å². The highest BCUT2D eigenvalue weighted by Gasteiger charge is 2.15. The largest absolute Gasteiger partial charge is 0.298 e. The summed E-state index contributed by atoms with van der Waals surface area (Å²) in [5.41, 5.74) is 6.77. The van der Waals surface area contributed by atoms with Gasteiger partial charge in [-0.25, -0.2) is 4.98 Å². The second-order valence-electron chi connectivity index (χ2n) is 6.54. The second kappa shape index (κ2) is 6.02. The van der Waals surface area contributed by atoms with Crippen molar-refractivity contribution in [3.63, 3.8) is 0 Å². The third-order valence-corrected chi connectivity index (χ3v) is 5.88. The Labute approximate surface area is 145 Å². The minimum atomic E-state index is -0.0715. The molecule has 4 rings (SSSR count). The summed E-state index contributed by atoms with van der Waals surface area (Å²) in [5.74, 6) is -0.0715. The number of amides is 1. The molecule has 122 valence electrons. The van der Waals surface area contributed by atoms with Crippen LogP contribution in [0.25, 0.3) is 10.2 Å². The van der Waals surface area contributed by atoms with Gasteiger partial charge in [-0.3, -0.25) is 10.1 Å². The van der Waals surface area contributed by atoms with Crippen LogP contribution < -0.4 is 5.32 Å². The molecular weight excluding hydrogens is 316 g/mol. The molecule has 0 bridgehead atoms. The topological polar surface area (TPSA) is 42.0 Å². The summed E-state index contributed by atoms with van der Waals surface area (Å²) in [6.07, 6.45) is 4.68. The number of anilines is 1. The first-order valence-electron chi connectivity index (χ1n) is 8.42. The molecule has 1 N–H and O–H groups in total. The third-order valence-electron chi connectivity index (χ3n) is 4.77. The highest BCUT2D eigenvalue weighted by molar-refractivity contribution is 7.22. The first-order valence-corrected chi connectivity index (χ1v) is 9.23. The van der Waals surface area contributed by atoms with Gasteiger partial charge in [0.1, 0.15) is 0 Å². The standard InChI is InChI=1S/C20H20N2OS/c1-12-7-8-13(2)18-17(12)21-20(24-18)22-19(23)16-10-9-14-5-3-4-6-15(14)11-16/h7-11H,3-6H2,1-2H3,(H,21,22,23). The first kappa shape index (κ1) is 15.3. The molecule has 24 heavy (non-hydrogen) atoms. The van der Waals surface area contributed by atoms with Crippen LogP contribution in [0, 0.1) is 13.8 Å². The SMILES string of the molecule is Cc1ccc(C)c2sc(NC(=O)c3ccc4c(c3)CCCC4)nc12. The van der Waals surface area contributed by atoms with E-state index < -0.39 is 0 Å². The van der Waals surface area contributed by atoms with Gasteiger partial charge in [0.25, 0.3) is 5.91 Å². The molecule has 1 amide bonds. The van der Waals surface area contributed by atoms with Crippen LogP contribution in [0.15, 0.2) is 30.3 Å². The van der Waals surface area contributed by atoms with Crippen LogP contribution in [0.1, 0.15) is 45.5 Å². The smallest absolute Gasteiger partial charge is 0.257 e. The highest BCUT2D eigenvalue weighted by atomic mass is 32.1. The average Bonchev–Trinajstić information content (AvgIpc) is 3.03. The maximum absolute atomic E-state index is 12.6. The molecule has 1 aliphatic carbocycles. The number of rotatable bonds is 2. The molecule has 0 spiro atoms. The number of nitrogens with one attached hydrogen (secondary N) is 1. The Kier molecular flexibility index (Phi) is 3.85. The molecule has 1 heterocycles. The Morgan fingerprint density at radius 3 is 2.58 bits per heavy atom. The van der Waals surface area contributed by atoms with Crippen LogP contribution in [0.2, 0.25) is 0 Å². The lowest BCUT2D eigenvalue weighted by molar-refractivity contribution is 0.102. The summed E-state index contributed by atoms with van der Waals surface area (Å²) in [6.45, 7) is 4.13. The number of hydrogen-bond donors (Lipinski definition) is 1. The molecule has 0 saturated carbocycles. The fraction of sp³-hybridized carbons (Fsp3) is 0.300. The van der Waals surface area contributed by atoms with E-state index in [-0.39, 0.29) is 5.91 Å². The molecule has 0 unspecified atom stereocenters. The molecule has 3 nitrogen and oxygen atoms in total. The van der Waals surface area contributed by atoms with E-state index in [0.717, 1.165) is 34.2 Å². The minimum Gasteiger partial charge on any atom is -0.298 e. The lowest BCUT2D eigenvalue weighted by Gasteiger charge is -2.16. The van der Waals surface area contributed by atoms with Crippen LogP contribution in [-0.2, 0) is 12.8 Å². The summed E-state index contributed by atoms with van der Waals surface area (Å²) in [7, 11) is 0. The van der Waals surface area contributed by atoms with E-state index in [4.69, 9.17) is 0 Å². The van der Waals surface area contributed by atoms with Gasteiger partial charge in [0.05, 0.1) is 10.2 Å². The molecular formula is C20H20N2OS. The Bertz CT molecular complexity index is 903. The van der Waals surface area contributed by atoms with Crippen LogP contribution in [0.5, 0.6) is 0 Å². The summed E-state index contributed by atoms with van der Waals surface area (Å²) < 4.78 is 1.15. The molecule has 0 atom stereocenters. The molecule has 1 aromatic heterocycles. The van der Waals surface area contributed by atoms with Gasteiger partial charge in [0.15, 0.2) is 5.13 Å². The van der Waals surface area contributed by atoms with Crippen LogP contribution in [0.3, 0.4) is 0 Å². The van der Waals surface area contributed by atoms with E-state index in [1.54, 1.807) is 11.3 Å². The number of fused-ring (bicyclic) bond motifs is 2. The number of thiazole rings is 1. The van der Waals surface area contributed by atoms with Crippen molar-refractivity contribution < 1.29 is 4.79 Å². The van der Waals surface area contributed by atoms with E-state index in [1.165, 1.54) is 29.5 Å². The minimum absolute atomic E-state index is 0.0715. The van der Waals surface area contributed by atoms with Gasteiger partial charge >= 0.3 is 0 Å². The molecule has 1 aliphatic rings. The molecule has 3 aromatic rings. The normalized spacial score (nSPS) is 13.8. The Balaban J connectivity index is 1.62. The van der Waals surface area contributed by atoms with Crippen molar-refractivity contribution in [1.29, 1.82) is 0 Å². The summed E-state index contributed by atoms with van der Waals surface area (Å²) in [5, 5.41) is 3.65. The van der Waals surface area contributed by atoms with E-state index >= 15 is 0 Å². The Hall–Kier alpha value is -2.20. The summed E-state index contributed by atoms with van der Waals surface area (Å²) in [6, 6.07) is 10.3. The monoisotopic (exact) mass is 336 g/mol. The zero-order chi connectivity index (χ0) is 16.7. The van der Waals surface area contributed by atoms with Gasteiger partial charge in [0, 0.05) is 5.56 Å². The average molecular weight is 336 g/mol. The van der Waals surface area contributed by atoms with Crippen LogP contribution in [-0.4, -0.2) is 10.9 Å². The number of aromatic nitrogens is 1. The number of hydrogen-bond acceptors (Lipinski definition) is 3. The van der Waals surface area contributed by atoms with E-state index in [9.17, 15) is 4.79 Å². The quantitative estimate of drug-likeness (QED) is 0.712. The second-order valence-corrected chi connectivity index (χ2v) is 7.54. The molecule has 2 aromatic carbocycles. The number of benzene rings is 2. The van der Waals surface area contributed by atoms with Gasteiger partial charge < -0.3 is 0 Å². The van der Waals surface area contributed by atoms with Crippen molar-refractivity contribution >= 4 is 32.6 Å². The van der Waals surface area contributed by atoms with Crippen LogP contribution in [0.4, 0.5) is 5.13 Å². The maximum Gasteiger partial charge on any atom is 0.257 e. The Morgan fingerprint density at radius 1 is 1.04 bits per heavy atom. The summed E-state index contributed by atoms with van der Waals surface area (Å²) in [4.78, 5) is 17.2. The zero-order valence-electron chi connectivity index (χ0n) is 14.0. The number of nitrogens with zero attached hydrogens (tertiary/aromatic N) is 1. The zero-order valence-corrected chi connectivity index (χ0v) is 14.8. The van der Waals surface area contributed by atoms with Gasteiger partial charge in [-0.1, -0.05) is 29.5 Å². The van der Waals surface area contributed by atoms with Gasteiger partial charge in [0.2, 0.25) is 0 Å². The lowest BCUT2D eigenvalue weighted by Crippen LogP contribution is -2.13. The van der Waals surface area contributed by atoms with E-state index in [2.05, 4.69) is 42.3 Å². The number of carbonyl (C=O) groups excluding carboxylic acids is 1. The number of carbonyl (C=O) groups is 1. The van der Waals surface area contributed by atoms with Crippen molar-refractivity contribution in [2.75, 3.05) is 5.32 Å². The predicted molar refractivity (Wildman–Crippen MR) is 100 cm³/mol. The maximum atomic E-state index is 12.6. The molecule has 0 fully saturated rings.